The summed E-state index contributed by atoms with van der Waals surface area (Å²) in [5.74, 6) is 0. The molecule has 1 rings (SSSR count). The molecular weight excluding hydrogens is 184 g/mol. The Morgan fingerprint density at radius 1 is 1.43 bits per heavy atom. The van der Waals surface area contributed by atoms with Crippen LogP contribution in [0.3, 0.4) is 0 Å². The maximum atomic E-state index is 10.9. The monoisotopic (exact) mass is 196 g/mol. The van der Waals surface area contributed by atoms with E-state index in [-0.39, 0.29) is 13.2 Å². The van der Waals surface area contributed by atoms with Gasteiger partial charge in [0.05, 0.1) is 18.9 Å². The molecule has 76 valence electrons. The molecule has 5 nitrogen and oxygen atoms in total. The Bertz CT molecular complexity index is 289. The molecule has 0 heterocycles. The SMILES string of the molecule is NC(=O)N(OCCO)c1ccccc1. The third-order valence-electron chi connectivity index (χ3n) is 1.50. The van der Waals surface area contributed by atoms with Gasteiger partial charge in [-0.15, -0.1) is 0 Å². The fourth-order valence-corrected chi connectivity index (χ4v) is 0.961. The fraction of sp³-hybridized carbons (Fsp3) is 0.222. The first-order chi connectivity index (χ1) is 6.75. The van der Waals surface area contributed by atoms with Crippen LogP contribution in [0, 0.1) is 0 Å². The molecule has 14 heavy (non-hydrogen) atoms. The Morgan fingerprint density at radius 3 is 2.57 bits per heavy atom. The molecule has 5 heteroatoms. The predicted octanol–water partition coefficient (Wildman–Crippen LogP) is 0.496. The van der Waals surface area contributed by atoms with Crippen molar-refractivity contribution in [3.05, 3.63) is 30.3 Å². The third kappa shape index (κ3) is 2.72. The van der Waals surface area contributed by atoms with E-state index in [1.54, 1.807) is 24.3 Å². The van der Waals surface area contributed by atoms with Crippen molar-refractivity contribution in [3.63, 3.8) is 0 Å². The maximum absolute atomic E-state index is 10.9. The van der Waals surface area contributed by atoms with Crippen molar-refractivity contribution in [2.75, 3.05) is 18.3 Å². The normalized spacial score (nSPS) is 9.79. The minimum absolute atomic E-state index is 0.0256. The van der Waals surface area contributed by atoms with E-state index in [1.165, 1.54) is 0 Å². The van der Waals surface area contributed by atoms with Gasteiger partial charge in [0.25, 0.3) is 0 Å². The minimum Gasteiger partial charge on any atom is -0.394 e. The number of rotatable bonds is 4. The Morgan fingerprint density at radius 2 is 2.07 bits per heavy atom. The van der Waals surface area contributed by atoms with Crippen molar-refractivity contribution >= 4 is 11.7 Å². The largest absolute Gasteiger partial charge is 0.394 e. The minimum atomic E-state index is -0.718. The van der Waals surface area contributed by atoms with E-state index in [1.807, 2.05) is 6.07 Å². The average molecular weight is 196 g/mol. The number of amides is 2. The van der Waals surface area contributed by atoms with Crippen LogP contribution in [0.5, 0.6) is 0 Å². The Hall–Kier alpha value is -1.59. The van der Waals surface area contributed by atoms with E-state index < -0.39 is 6.03 Å². The summed E-state index contributed by atoms with van der Waals surface area (Å²) in [6.07, 6.45) is 0. The zero-order valence-electron chi connectivity index (χ0n) is 7.59. The molecule has 1 aromatic carbocycles. The van der Waals surface area contributed by atoms with E-state index in [4.69, 9.17) is 15.7 Å². The third-order valence-corrected chi connectivity index (χ3v) is 1.50. The molecule has 2 amide bonds. The molecule has 3 N–H and O–H groups in total. The highest BCUT2D eigenvalue weighted by Gasteiger charge is 2.11. The summed E-state index contributed by atoms with van der Waals surface area (Å²) in [6.45, 7) is -0.144. The number of benzene rings is 1. The first-order valence-corrected chi connectivity index (χ1v) is 4.14. The lowest BCUT2D eigenvalue weighted by Gasteiger charge is -2.18. The molecule has 0 aliphatic rings. The maximum Gasteiger partial charge on any atom is 0.343 e. The second kappa shape index (κ2) is 5.21. The van der Waals surface area contributed by atoms with Gasteiger partial charge in [-0.1, -0.05) is 18.2 Å². The standard InChI is InChI=1S/C9H12N2O3/c10-9(13)11(14-7-6-12)8-4-2-1-3-5-8/h1-5,12H,6-7H2,(H2,10,13). The van der Waals surface area contributed by atoms with Gasteiger partial charge in [0.2, 0.25) is 0 Å². The van der Waals surface area contributed by atoms with Crippen LogP contribution in [0.1, 0.15) is 0 Å². The predicted molar refractivity (Wildman–Crippen MR) is 51.5 cm³/mol. The van der Waals surface area contributed by atoms with E-state index >= 15 is 0 Å². The van der Waals surface area contributed by atoms with Gasteiger partial charge in [-0.3, -0.25) is 4.84 Å². The van der Waals surface area contributed by atoms with Gasteiger partial charge in [0, 0.05) is 0 Å². The molecule has 0 unspecified atom stereocenters. The Kier molecular flexibility index (Phi) is 3.90. The second-order valence-corrected chi connectivity index (χ2v) is 2.52. The molecule has 0 radical (unpaired) electrons. The lowest BCUT2D eigenvalue weighted by molar-refractivity contribution is 0.0850. The second-order valence-electron chi connectivity index (χ2n) is 2.52. The van der Waals surface area contributed by atoms with Crippen LogP contribution in [-0.4, -0.2) is 24.4 Å². The lowest BCUT2D eigenvalue weighted by Crippen LogP contribution is -2.36. The summed E-state index contributed by atoms with van der Waals surface area (Å²) >= 11 is 0. The molecule has 0 aliphatic carbocycles. The van der Waals surface area contributed by atoms with Crippen LogP contribution in [0.15, 0.2) is 30.3 Å². The number of hydrogen-bond acceptors (Lipinski definition) is 3. The van der Waals surface area contributed by atoms with Gasteiger partial charge in [-0.2, -0.15) is 5.06 Å². The summed E-state index contributed by atoms with van der Waals surface area (Å²) in [5, 5.41) is 9.48. The number of carbonyl (C=O) groups is 1. The highest BCUT2D eigenvalue weighted by atomic mass is 16.7. The summed E-state index contributed by atoms with van der Waals surface area (Å²) in [7, 11) is 0. The molecule has 0 aromatic heterocycles. The molecular formula is C9H12N2O3. The average Bonchev–Trinajstić information content (AvgIpc) is 2.19. The topological polar surface area (TPSA) is 75.8 Å². The number of urea groups is 1. The molecule has 0 fully saturated rings. The molecule has 0 spiro atoms. The van der Waals surface area contributed by atoms with Gasteiger partial charge < -0.3 is 10.8 Å². The van der Waals surface area contributed by atoms with Crippen molar-refractivity contribution in [1.82, 2.24) is 0 Å². The van der Waals surface area contributed by atoms with Crippen molar-refractivity contribution in [3.8, 4) is 0 Å². The van der Waals surface area contributed by atoms with Crippen molar-refractivity contribution in [1.29, 1.82) is 0 Å². The van der Waals surface area contributed by atoms with Crippen LogP contribution in [0.4, 0.5) is 10.5 Å². The number of nitrogens with two attached hydrogens (primary N) is 1. The highest BCUT2D eigenvalue weighted by molar-refractivity contribution is 5.88. The van der Waals surface area contributed by atoms with Crippen LogP contribution < -0.4 is 10.8 Å². The van der Waals surface area contributed by atoms with Crippen molar-refractivity contribution in [2.45, 2.75) is 0 Å². The zero-order chi connectivity index (χ0) is 10.4. The summed E-state index contributed by atoms with van der Waals surface area (Å²) in [6, 6.07) is 7.98. The van der Waals surface area contributed by atoms with Gasteiger partial charge in [0.15, 0.2) is 0 Å². The van der Waals surface area contributed by atoms with Gasteiger partial charge >= 0.3 is 6.03 Å². The number of carbonyl (C=O) groups excluding carboxylic acids is 1. The first-order valence-electron chi connectivity index (χ1n) is 4.14. The molecule has 0 saturated heterocycles. The molecule has 0 bridgehead atoms. The molecule has 0 saturated carbocycles. The van der Waals surface area contributed by atoms with E-state index in [9.17, 15) is 4.79 Å². The van der Waals surface area contributed by atoms with Gasteiger partial charge in [-0.25, -0.2) is 4.79 Å². The number of primary amides is 1. The quantitative estimate of drug-likeness (QED) is 0.688. The number of anilines is 1. The number of nitrogens with zero attached hydrogens (tertiary/aromatic N) is 1. The number of hydroxylamine groups is 1. The van der Waals surface area contributed by atoms with Crippen molar-refractivity contribution in [2.24, 2.45) is 5.73 Å². The van der Waals surface area contributed by atoms with E-state index in [0.29, 0.717) is 5.69 Å². The lowest BCUT2D eigenvalue weighted by atomic mass is 10.3. The molecule has 1 aromatic rings. The number of para-hydroxylation sites is 1. The van der Waals surface area contributed by atoms with Crippen LogP contribution >= 0.6 is 0 Å². The summed E-state index contributed by atoms with van der Waals surface area (Å²) < 4.78 is 0. The fourth-order valence-electron chi connectivity index (χ4n) is 0.961. The summed E-state index contributed by atoms with van der Waals surface area (Å²) in [5.41, 5.74) is 5.63. The van der Waals surface area contributed by atoms with E-state index in [2.05, 4.69) is 0 Å². The smallest absolute Gasteiger partial charge is 0.343 e. The van der Waals surface area contributed by atoms with Crippen LogP contribution in [-0.2, 0) is 4.84 Å². The number of hydrogen-bond donors (Lipinski definition) is 2. The Labute approximate surface area is 81.6 Å². The van der Waals surface area contributed by atoms with Crippen LogP contribution in [0.25, 0.3) is 0 Å². The summed E-state index contributed by atoms with van der Waals surface area (Å²) in [4.78, 5) is 15.9. The highest BCUT2D eigenvalue weighted by Crippen LogP contribution is 2.12. The van der Waals surface area contributed by atoms with Gasteiger partial charge in [0.1, 0.15) is 0 Å². The molecule has 0 aliphatic heterocycles. The Balaban J connectivity index is 2.73. The zero-order valence-corrected chi connectivity index (χ0v) is 7.59. The van der Waals surface area contributed by atoms with E-state index in [0.717, 1.165) is 5.06 Å². The molecule has 0 atom stereocenters. The van der Waals surface area contributed by atoms with Crippen molar-refractivity contribution < 1.29 is 14.7 Å². The number of aliphatic hydroxyl groups excluding tert-OH is 1. The van der Waals surface area contributed by atoms with Gasteiger partial charge in [-0.05, 0) is 12.1 Å². The van der Waals surface area contributed by atoms with Crippen LogP contribution in [0.2, 0.25) is 0 Å². The number of aliphatic hydroxyl groups is 1. The first kappa shape index (κ1) is 10.5.